The van der Waals surface area contributed by atoms with Gasteiger partial charge in [0, 0.05) is 12.8 Å². The van der Waals surface area contributed by atoms with E-state index >= 15 is 0 Å². The van der Waals surface area contributed by atoms with E-state index in [4.69, 9.17) is 0 Å². The van der Waals surface area contributed by atoms with Crippen molar-refractivity contribution >= 4 is 42.4 Å². The number of sulfone groups is 1. The summed E-state index contributed by atoms with van der Waals surface area (Å²) in [5.74, 6) is -0.815. The van der Waals surface area contributed by atoms with Gasteiger partial charge in [-0.2, -0.15) is 0 Å². The van der Waals surface area contributed by atoms with Crippen molar-refractivity contribution in [3.63, 3.8) is 0 Å². The van der Waals surface area contributed by atoms with Crippen LogP contribution in [0.5, 0.6) is 0 Å². The van der Waals surface area contributed by atoms with Gasteiger partial charge < -0.3 is 4.90 Å². The van der Waals surface area contributed by atoms with Gasteiger partial charge >= 0.3 is 0 Å². The molecule has 154 valence electrons. The van der Waals surface area contributed by atoms with E-state index in [-0.39, 0.29) is 16.3 Å². The molecule has 0 N–H and O–H groups in total. The summed E-state index contributed by atoms with van der Waals surface area (Å²) >= 11 is 1.21. The number of fused-ring (bicyclic) bond motifs is 1. The molecular weight excluding hydrogens is 413 g/mol. The Bertz CT molecular complexity index is 1140. The maximum Gasteiger partial charge on any atom is 0.261 e. The summed E-state index contributed by atoms with van der Waals surface area (Å²) in [6, 6.07) is 10.4. The van der Waals surface area contributed by atoms with Gasteiger partial charge in [0.25, 0.3) is 5.91 Å². The lowest BCUT2D eigenvalue weighted by Crippen LogP contribution is -2.34. The van der Waals surface area contributed by atoms with Crippen LogP contribution in [0.25, 0.3) is 10.2 Å². The minimum Gasteiger partial charge on any atom is -0.309 e. The Kier molecular flexibility index (Phi) is 6.30. The molecular formula is C20H22FN3O3S2. The number of benzene rings is 2. The zero-order chi connectivity index (χ0) is 21.2. The lowest BCUT2D eigenvalue weighted by Gasteiger charge is -2.22. The summed E-state index contributed by atoms with van der Waals surface area (Å²) in [5.41, 5.74) is 0.693. The second kappa shape index (κ2) is 8.56. The van der Waals surface area contributed by atoms with E-state index in [1.54, 1.807) is 18.2 Å². The fraction of sp³-hybridized carbons (Fsp3) is 0.300. The summed E-state index contributed by atoms with van der Waals surface area (Å²) in [4.78, 5) is 21.3. The summed E-state index contributed by atoms with van der Waals surface area (Å²) in [5, 5.41) is 0.415. The second-order valence-corrected chi connectivity index (χ2v) is 9.98. The number of thiazole rings is 1. The molecule has 0 atom stereocenters. The molecule has 1 aromatic heterocycles. The molecule has 0 bridgehead atoms. The largest absolute Gasteiger partial charge is 0.309 e. The fourth-order valence-corrected chi connectivity index (χ4v) is 4.84. The molecule has 6 nitrogen and oxygen atoms in total. The summed E-state index contributed by atoms with van der Waals surface area (Å²) < 4.78 is 38.5. The van der Waals surface area contributed by atoms with Crippen LogP contribution in [0.2, 0.25) is 0 Å². The minimum absolute atomic E-state index is 0.0187. The lowest BCUT2D eigenvalue weighted by atomic mass is 10.2. The van der Waals surface area contributed by atoms with Crippen LogP contribution in [0.4, 0.5) is 9.52 Å². The molecule has 3 aromatic rings. The van der Waals surface area contributed by atoms with Gasteiger partial charge in [0.2, 0.25) is 0 Å². The van der Waals surface area contributed by atoms with Crippen LogP contribution in [-0.2, 0) is 9.84 Å². The van der Waals surface area contributed by atoms with Crippen LogP contribution in [0.1, 0.15) is 16.8 Å². The van der Waals surface area contributed by atoms with Gasteiger partial charge in [-0.15, -0.1) is 0 Å². The number of carbonyl (C=O) groups is 1. The first kappa shape index (κ1) is 21.4. The standard InChI is InChI=1S/C20H22FN3O3S2/c1-23(2)11-6-12-24(20-22-16-10-9-14(21)13-17(16)28-20)19(25)15-7-4-5-8-18(15)29(3,26)27/h4-5,7-10,13H,6,11-12H2,1-3H3. The normalized spacial score (nSPS) is 11.9. The molecule has 1 heterocycles. The van der Waals surface area contributed by atoms with Crippen molar-refractivity contribution in [1.82, 2.24) is 9.88 Å². The van der Waals surface area contributed by atoms with Crippen molar-refractivity contribution in [3.8, 4) is 0 Å². The molecule has 1 amide bonds. The highest BCUT2D eigenvalue weighted by atomic mass is 32.2. The molecule has 0 fully saturated rings. The highest BCUT2D eigenvalue weighted by Gasteiger charge is 2.26. The monoisotopic (exact) mass is 435 g/mol. The number of hydrogen-bond donors (Lipinski definition) is 0. The quantitative estimate of drug-likeness (QED) is 0.569. The van der Waals surface area contributed by atoms with Crippen molar-refractivity contribution < 1.29 is 17.6 Å². The van der Waals surface area contributed by atoms with E-state index in [1.165, 1.54) is 40.5 Å². The number of nitrogens with zero attached hydrogens (tertiary/aromatic N) is 3. The highest BCUT2D eigenvalue weighted by molar-refractivity contribution is 7.90. The Morgan fingerprint density at radius 2 is 1.86 bits per heavy atom. The molecule has 0 spiro atoms. The molecule has 0 aliphatic carbocycles. The zero-order valence-electron chi connectivity index (χ0n) is 16.4. The molecule has 0 unspecified atom stereocenters. The van der Waals surface area contributed by atoms with Gasteiger partial charge in [0.1, 0.15) is 5.82 Å². The summed E-state index contributed by atoms with van der Waals surface area (Å²) in [7, 11) is 0.291. The highest BCUT2D eigenvalue weighted by Crippen LogP contribution is 2.31. The SMILES string of the molecule is CN(C)CCCN(C(=O)c1ccccc1S(C)(=O)=O)c1nc2ccc(F)cc2s1. The smallest absolute Gasteiger partial charge is 0.261 e. The number of aromatic nitrogens is 1. The number of hydrogen-bond acceptors (Lipinski definition) is 6. The Morgan fingerprint density at radius 3 is 2.55 bits per heavy atom. The molecule has 9 heteroatoms. The lowest BCUT2D eigenvalue weighted by molar-refractivity contribution is 0.0983. The Labute approximate surface area is 173 Å². The van der Waals surface area contributed by atoms with E-state index in [0.717, 1.165) is 12.8 Å². The van der Waals surface area contributed by atoms with Crippen molar-refractivity contribution in [3.05, 3.63) is 53.8 Å². The first-order valence-corrected chi connectivity index (χ1v) is 11.7. The van der Waals surface area contributed by atoms with Crippen LogP contribution in [0, 0.1) is 5.82 Å². The van der Waals surface area contributed by atoms with E-state index in [2.05, 4.69) is 4.98 Å². The zero-order valence-corrected chi connectivity index (χ0v) is 18.1. The van der Waals surface area contributed by atoms with Gasteiger partial charge in [-0.3, -0.25) is 9.69 Å². The molecule has 29 heavy (non-hydrogen) atoms. The Morgan fingerprint density at radius 1 is 1.14 bits per heavy atom. The maximum atomic E-state index is 13.6. The number of carbonyl (C=O) groups excluding carboxylic acids is 1. The van der Waals surface area contributed by atoms with Crippen molar-refractivity contribution in [2.24, 2.45) is 0 Å². The predicted molar refractivity (Wildman–Crippen MR) is 114 cm³/mol. The Hall–Kier alpha value is -2.36. The molecule has 3 rings (SSSR count). The summed E-state index contributed by atoms with van der Waals surface area (Å²) in [6.07, 6.45) is 1.75. The number of amides is 1. The first-order valence-electron chi connectivity index (χ1n) is 8.98. The topological polar surface area (TPSA) is 70.6 Å². The average molecular weight is 436 g/mol. The van der Waals surface area contributed by atoms with Gasteiger partial charge in [-0.25, -0.2) is 17.8 Å². The summed E-state index contributed by atoms with van der Waals surface area (Å²) in [6.45, 7) is 1.11. The third-order valence-corrected chi connectivity index (χ3v) is 6.52. The van der Waals surface area contributed by atoms with Crippen LogP contribution < -0.4 is 4.90 Å². The van der Waals surface area contributed by atoms with Crippen molar-refractivity contribution in [2.45, 2.75) is 11.3 Å². The third-order valence-electron chi connectivity index (χ3n) is 4.32. The Balaban J connectivity index is 2.04. The van der Waals surface area contributed by atoms with E-state index in [1.807, 2.05) is 19.0 Å². The molecule has 0 aliphatic rings. The average Bonchev–Trinajstić information content (AvgIpc) is 3.06. The third kappa shape index (κ3) is 4.98. The fourth-order valence-electron chi connectivity index (χ4n) is 2.94. The van der Waals surface area contributed by atoms with Gasteiger partial charge in [0.05, 0.1) is 20.7 Å². The van der Waals surface area contributed by atoms with Gasteiger partial charge in [-0.1, -0.05) is 23.5 Å². The van der Waals surface area contributed by atoms with Crippen LogP contribution >= 0.6 is 11.3 Å². The molecule has 0 aliphatic heterocycles. The molecule has 2 aromatic carbocycles. The van der Waals surface area contributed by atoms with Crippen LogP contribution in [0.15, 0.2) is 47.4 Å². The molecule has 0 radical (unpaired) electrons. The second-order valence-electron chi connectivity index (χ2n) is 6.99. The van der Waals surface area contributed by atoms with Crippen molar-refractivity contribution in [1.29, 1.82) is 0 Å². The van der Waals surface area contributed by atoms with Gasteiger partial charge in [0.15, 0.2) is 15.0 Å². The number of anilines is 1. The van der Waals surface area contributed by atoms with Crippen LogP contribution in [0.3, 0.4) is 0 Å². The number of rotatable bonds is 7. The minimum atomic E-state index is -3.58. The van der Waals surface area contributed by atoms with E-state index < -0.39 is 15.7 Å². The van der Waals surface area contributed by atoms with Crippen LogP contribution in [-0.4, -0.2) is 57.6 Å². The molecule has 0 saturated carbocycles. The maximum absolute atomic E-state index is 13.6. The van der Waals surface area contributed by atoms with Crippen molar-refractivity contribution in [2.75, 3.05) is 38.3 Å². The van der Waals surface area contributed by atoms with Gasteiger partial charge in [-0.05, 0) is 57.4 Å². The van der Waals surface area contributed by atoms with E-state index in [0.29, 0.717) is 28.3 Å². The first-order chi connectivity index (χ1) is 13.7. The van der Waals surface area contributed by atoms with E-state index in [9.17, 15) is 17.6 Å². The predicted octanol–water partition coefficient (Wildman–Crippen LogP) is 3.44. The molecule has 0 saturated heterocycles. The number of halogens is 1.